The summed E-state index contributed by atoms with van der Waals surface area (Å²) in [4.78, 5) is 12.1. The standard InChI is InChI=1S/C19H19N3/c1-13(2)18-19(21-17-10-6-5-9-16(17)20-18)22-11-14-7-3-4-8-15(14)12-22/h3-10,13H,11-12H2,1-2H3. The molecule has 1 aliphatic heterocycles. The van der Waals surface area contributed by atoms with Crippen molar-refractivity contribution in [2.75, 3.05) is 4.90 Å². The average Bonchev–Trinajstić information content (AvgIpc) is 2.97. The summed E-state index contributed by atoms with van der Waals surface area (Å²) in [6.07, 6.45) is 0. The molecular weight excluding hydrogens is 270 g/mol. The van der Waals surface area contributed by atoms with Gasteiger partial charge in [0.05, 0.1) is 16.7 Å². The fraction of sp³-hybridized carbons (Fsp3) is 0.263. The van der Waals surface area contributed by atoms with Crippen LogP contribution in [0.2, 0.25) is 0 Å². The van der Waals surface area contributed by atoms with E-state index in [1.165, 1.54) is 11.1 Å². The summed E-state index contributed by atoms with van der Waals surface area (Å²) in [5.74, 6) is 1.39. The molecule has 4 rings (SSSR count). The van der Waals surface area contributed by atoms with Gasteiger partial charge in [0.25, 0.3) is 0 Å². The van der Waals surface area contributed by atoms with Gasteiger partial charge in [-0.15, -0.1) is 0 Å². The second kappa shape index (κ2) is 5.09. The highest BCUT2D eigenvalue weighted by atomic mass is 15.2. The summed E-state index contributed by atoms with van der Waals surface area (Å²) in [5.41, 5.74) is 5.83. The topological polar surface area (TPSA) is 29.0 Å². The van der Waals surface area contributed by atoms with Gasteiger partial charge in [0, 0.05) is 13.1 Å². The van der Waals surface area contributed by atoms with E-state index in [1.54, 1.807) is 0 Å². The second-order valence-electron chi connectivity index (χ2n) is 6.20. The zero-order valence-electron chi connectivity index (χ0n) is 13.0. The first-order valence-corrected chi connectivity index (χ1v) is 7.81. The molecule has 22 heavy (non-hydrogen) atoms. The van der Waals surface area contributed by atoms with Crippen LogP contribution in [0.4, 0.5) is 5.82 Å². The number of para-hydroxylation sites is 2. The number of hydrogen-bond acceptors (Lipinski definition) is 3. The predicted molar refractivity (Wildman–Crippen MR) is 90.0 cm³/mol. The summed E-state index contributed by atoms with van der Waals surface area (Å²) in [6, 6.07) is 16.8. The molecule has 1 aromatic heterocycles. The molecule has 3 heteroatoms. The normalized spacial score (nSPS) is 13.9. The first-order chi connectivity index (χ1) is 10.7. The van der Waals surface area contributed by atoms with E-state index in [4.69, 9.17) is 9.97 Å². The SMILES string of the molecule is CC(C)c1nc2ccccc2nc1N1Cc2ccccc2C1. The molecule has 0 atom stereocenters. The predicted octanol–water partition coefficient (Wildman–Crippen LogP) is 4.27. The molecule has 0 saturated heterocycles. The summed E-state index contributed by atoms with van der Waals surface area (Å²) >= 11 is 0. The van der Waals surface area contributed by atoms with Crippen LogP contribution in [0.5, 0.6) is 0 Å². The highest BCUT2D eigenvalue weighted by molar-refractivity contribution is 5.77. The molecule has 2 aromatic carbocycles. The van der Waals surface area contributed by atoms with Crippen LogP contribution in [0.3, 0.4) is 0 Å². The van der Waals surface area contributed by atoms with Crippen molar-refractivity contribution in [1.29, 1.82) is 0 Å². The number of hydrogen-bond donors (Lipinski definition) is 0. The van der Waals surface area contributed by atoms with Crippen LogP contribution in [-0.4, -0.2) is 9.97 Å². The van der Waals surface area contributed by atoms with E-state index in [1.807, 2.05) is 24.3 Å². The van der Waals surface area contributed by atoms with E-state index in [9.17, 15) is 0 Å². The molecule has 0 unspecified atom stereocenters. The van der Waals surface area contributed by atoms with Gasteiger partial charge < -0.3 is 4.90 Å². The van der Waals surface area contributed by atoms with Crippen LogP contribution in [-0.2, 0) is 13.1 Å². The van der Waals surface area contributed by atoms with Crippen molar-refractivity contribution in [2.24, 2.45) is 0 Å². The second-order valence-corrected chi connectivity index (χ2v) is 6.20. The van der Waals surface area contributed by atoms with E-state index < -0.39 is 0 Å². The van der Waals surface area contributed by atoms with Crippen LogP contribution < -0.4 is 4.90 Å². The zero-order chi connectivity index (χ0) is 15.1. The number of anilines is 1. The Morgan fingerprint density at radius 3 is 1.95 bits per heavy atom. The largest absolute Gasteiger partial charge is 0.346 e. The lowest BCUT2D eigenvalue weighted by Gasteiger charge is -2.21. The van der Waals surface area contributed by atoms with Crippen molar-refractivity contribution in [1.82, 2.24) is 9.97 Å². The molecule has 110 valence electrons. The van der Waals surface area contributed by atoms with E-state index in [0.29, 0.717) is 5.92 Å². The van der Waals surface area contributed by atoms with Crippen LogP contribution >= 0.6 is 0 Å². The van der Waals surface area contributed by atoms with Gasteiger partial charge in [0.1, 0.15) is 0 Å². The molecule has 3 aromatic rings. The van der Waals surface area contributed by atoms with E-state index in [2.05, 4.69) is 43.0 Å². The summed E-state index contributed by atoms with van der Waals surface area (Å²) in [6.45, 7) is 6.21. The van der Waals surface area contributed by atoms with Crippen molar-refractivity contribution >= 4 is 16.9 Å². The van der Waals surface area contributed by atoms with Crippen LogP contribution in [0.1, 0.15) is 36.6 Å². The lowest BCUT2D eigenvalue weighted by atomic mass is 10.1. The van der Waals surface area contributed by atoms with E-state index in [0.717, 1.165) is 35.6 Å². The monoisotopic (exact) mass is 289 g/mol. The molecule has 0 spiro atoms. The average molecular weight is 289 g/mol. The van der Waals surface area contributed by atoms with E-state index in [-0.39, 0.29) is 0 Å². The quantitative estimate of drug-likeness (QED) is 0.705. The molecule has 0 N–H and O–H groups in total. The first-order valence-electron chi connectivity index (χ1n) is 7.81. The Bertz CT molecular complexity index is 814. The molecule has 0 bridgehead atoms. The van der Waals surface area contributed by atoms with Crippen molar-refractivity contribution in [3.05, 3.63) is 65.4 Å². The van der Waals surface area contributed by atoms with Crippen molar-refractivity contribution < 1.29 is 0 Å². The van der Waals surface area contributed by atoms with Gasteiger partial charge in [-0.25, -0.2) is 9.97 Å². The van der Waals surface area contributed by atoms with Crippen LogP contribution in [0, 0.1) is 0 Å². The number of aromatic nitrogens is 2. The molecule has 3 nitrogen and oxygen atoms in total. The Morgan fingerprint density at radius 1 is 0.818 bits per heavy atom. The van der Waals surface area contributed by atoms with Gasteiger partial charge in [-0.3, -0.25) is 0 Å². The number of fused-ring (bicyclic) bond motifs is 2. The minimum Gasteiger partial charge on any atom is -0.346 e. The van der Waals surface area contributed by atoms with Crippen molar-refractivity contribution in [3.8, 4) is 0 Å². The Hall–Kier alpha value is -2.42. The fourth-order valence-corrected chi connectivity index (χ4v) is 3.11. The number of nitrogens with zero attached hydrogens (tertiary/aromatic N) is 3. The summed E-state index contributed by atoms with van der Waals surface area (Å²) in [5, 5.41) is 0. The minimum atomic E-state index is 0.357. The summed E-state index contributed by atoms with van der Waals surface area (Å²) in [7, 11) is 0. The van der Waals surface area contributed by atoms with Crippen molar-refractivity contribution in [3.63, 3.8) is 0 Å². The van der Waals surface area contributed by atoms with Crippen LogP contribution in [0.25, 0.3) is 11.0 Å². The maximum absolute atomic E-state index is 4.92. The van der Waals surface area contributed by atoms with Gasteiger partial charge in [-0.2, -0.15) is 0 Å². The molecule has 1 aliphatic rings. The van der Waals surface area contributed by atoms with Gasteiger partial charge in [-0.05, 0) is 29.2 Å². The minimum absolute atomic E-state index is 0.357. The fourth-order valence-electron chi connectivity index (χ4n) is 3.11. The molecule has 2 heterocycles. The third-order valence-corrected chi connectivity index (χ3v) is 4.27. The zero-order valence-corrected chi connectivity index (χ0v) is 13.0. The van der Waals surface area contributed by atoms with Gasteiger partial charge >= 0.3 is 0 Å². The van der Waals surface area contributed by atoms with Gasteiger partial charge in [0.15, 0.2) is 5.82 Å². The molecule has 0 amide bonds. The van der Waals surface area contributed by atoms with E-state index >= 15 is 0 Å². The Kier molecular flexibility index (Phi) is 3.07. The van der Waals surface area contributed by atoms with Gasteiger partial charge in [0.2, 0.25) is 0 Å². The van der Waals surface area contributed by atoms with Gasteiger partial charge in [-0.1, -0.05) is 50.2 Å². The maximum Gasteiger partial charge on any atom is 0.151 e. The maximum atomic E-state index is 4.92. The highest BCUT2D eigenvalue weighted by Gasteiger charge is 2.24. The Morgan fingerprint density at radius 2 is 1.36 bits per heavy atom. The molecule has 0 saturated carbocycles. The van der Waals surface area contributed by atoms with Crippen molar-refractivity contribution in [2.45, 2.75) is 32.9 Å². The smallest absolute Gasteiger partial charge is 0.151 e. The third-order valence-electron chi connectivity index (χ3n) is 4.27. The lowest BCUT2D eigenvalue weighted by Crippen LogP contribution is -2.19. The van der Waals surface area contributed by atoms with Crippen LogP contribution in [0.15, 0.2) is 48.5 Å². The Balaban J connectivity index is 1.83. The number of benzene rings is 2. The molecule has 0 radical (unpaired) electrons. The Labute approximate surface area is 130 Å². The first kappa shape index (κ1) is 13.3. The summed E-state index contributed by atoms with van der Waals surface area (Å²) < 4.78 is 0. The highest BCUT2D eigenvalue weighted by Crippen LogP contribution is 2.32. The molecular formula is C19H19N3. The lowest BCUT2D eigenvalue weighted by molar-refractivity contribution is 0.778. The molecule has 0 fully saturated rings. The third kappa shape index (κ3) is 2.13. The number of rotatable bonds is 2. The molecule has 0 aliphatic carbocycles.